The van der Waals surface area contributed by atoms with Gasteiger partial charge in [0.05, 0.1) is 17.3 Å². The lowest BCUT2D eigenvalue weighted by atomic mass is 9.99. The van der Waals surface area contributed by atoms with Crippen molar-refractivity contribution in [1.82, 2.24) is 19.8 Å². The van der Waals surface area contributed by atoms with Crippen molar-refractivity contribution in [2.24, 2.45) is 0 Å². The van der Waals surface area contributed by atoms with Crippen molar-refractivity contribution in [3.05, 3.63) is 58.9 Å². The minimum Gasteiger partial charge on any atom is -0.339 e. The molecule has 2 aromatic rings. The Balaban J connectivity index is 1.56. The van der Waals surface area contributed by atoms with E-state index in [1.54, 1.807) is 11.1 Å². The van der Waals surface area contributed by atoms with Gasteiger partial charge in [-0.3, -0.25) is 9.59 Å². The molecule has 1 aromatic carbocycles. The number of halogens is 1. The SMILES string of the molecule is Cc1nc([C@H]2CCCCN2C(=O)c2ccc(F)cc2)ncc1C(=O)N1CCCCC1. The van der Waals surface area contributed by atoms with Gasteiger partial charge in [0.2, 0.25) is 0 Å². The third-order valence-corrected chi connectivity index (χ3v) is 6.02. The Morgan fingerprint density at radius 1 is 0.967 bits per heavy atom. The van der Waals surface area contributed by atoms with Crippen LogP contribution in [0.3, 0.4) is 0 Å². The molecule has 2 fully saturated rings. The van der Waals surface area contributed by atoms with Crippen molar-refractivity contribution in [2.75, 3.05) is 19.6 Å². The van der Waals surface area contributed by atoms with Crippen molar-refractivity contribution in [1.29, 1.82) is 0 Å². The molecule has 0 N–H and O–H groups in total. The number of carbonyl (C=O) groups excluding carboxylic acids is 2. The van der Waals surface area contributed by atoms with Gasteiger partial charge in [0.1, 0.15) is 5.82 Å². The molecule has 0 unspecified atom stereocenters. The fraction of sp³-hybridized carbons (Fsp3) is 0.478. The van der Waals surface area contributed by atoms with Gasteiger partial charge in [0, 0.05) is 31.4 Å². The lowest BCUT2D eigenvalue weighted by Crippen LogP contribution is -2.39. The summed E-state index contributed by atoms with van der Waals surface area (Å²) in [6, 6.07) is 5.38. The van der Waals surface area contributed by atoms with Gasteiger partial charge in [0.15, 0.2) is 5.82 Å². The van der Waals surface area contributed by atoms with Crippen molar-refractivity contribution in [3.8, 4) is 0 Å². The first-order valence-corrected chi connectivity index (χ1v) is 10.7. The highest BCUT2D eigenvalue weighted by atomic mass is 19.1. The van der Waals surface area contributed by atoms with E-state index in [-0.39, 0.29) is 23.7 Å². The maximum atomic E-state index is 13.2. The van der Waals surface area contributed by atoms with Gasteiger partial charge in [0.25, 0.3) is 11.8 Å². The van der Waals surface area contributed by atoms with Crippen LogP contribution >= 0.6 is 0 Å². The number of hydrogen-bond donors (Lipinski definition) is 0. The number of piperidine rings is 2. The van der Waals surface area contributed by atoms with Crippen LogP contribution in [0, 0.1) is 12.7 Å². The topological polar surface area (TPSA) is 66.4 Å². The van der Waals surface area contributed by atoms with Crippen molar-refractivity contribution < 1.29 is 14.0 Å². The van der Waals surface area contributed by atoms with Crippen molar-refractivity contribution in [3.63, 3.8) is 0 Å². The quantitative estimate of drug-likeness (QED) is 0.769. The third kappa shape index (κ3) is 4.20. The predicted octanol–water partition coefficient (Wildman–Crippen LogP) is 3.92. The third-order valence-electron chi connectivity index (χ3n) is 6.02. The Morgan fingerprint density at radius 3 is 2.37 bits per heavy atom. The van der Waals surface area contributed by atoms with E-state index in [2.05, 4.69) is 9.97 Å². The Bertz CT molecular complexity index is 925. The molecule has 0 saturated carbocycles. The van der Waals surface area contributed by atoms with Gasteiger partial charge in [-0.2, -0.15) is 0 Å². The van der Waals surface area contributed by atoms with E-state index in [9.17, 15) is 14.0 Å². The van der Waals surface area contributed by atoms with Gasteiger partial charge in [-0.15, -0.1) is 0 Å². The van der Waals surface area contributed by atoms with Crippen LogP contribution in [-0.2, 0) is 0 Å². The molecule has 2 aliphatic rings. The van der Waals surface area contributed by atoms with E-state index in [4.69, 9.17) is 0 Å². The molecule has 3 heterocycles. The van der Waals surface area contributed by atoms with Crippen LogP contribution in [0.4, 0.5) is 4.39 Å². The van der Waals surface area contributed by atoms with Crippen LogP contribution in [0.25, 0.3) is 0 Å². The molecule has 4 rings (SSSR count). The number of carbonyl (C=O) groups is 2. The van der Waals surface area contributed by atoms with Crippen LogP contribution < -0.4 is 0 Å². The van der Waals surface area contributed by atoms with E-state index in [0.717, 1.165) is 51.6 Å². The van der Waals surface area contributed by atoms with Gasteiger partial charge >= 0.3 is 0 Å². The van der Waals surface area contributed by atoms with Gasteiger partial charge in [-0.25, -0.2) is 14.4 Å². The van der Waals surface area contributed by atoms with E-state index < -0.39 is 0 Å². The maximum absolute atomic E-state index is 13.2. The average molecular weight is 410 g/mol. The fourth-order valence-electron chi connectivity index (χ4n) is 4.32. The first-order valence-electron chi connectivity index (χ1n) is 10.7. The number of aryl methyl sites for hydroxylation is 1. The first kappa shape index (κ1) is 20.4. The summed E-state index contributed by atoms with van der Waals surface area (Å²) in [6.07, 6.45) is 7.51. The number of nitrogens with zero attached hydrogens (tertiary/aromatic N) is 4. The molecule has 7 heteroatoms. The van der Waals surface area contributed by atoms with Crippen LogP contribution in [0.15, 0.2) is 30.5 Å². The summed E-state index contributed by atoms with van der Waals surface area (Å²) in [5.41, 5.74) is 1.64. The predicted molar refractivity (Wildman–Crippen MR) is 111 cm³/mol. The highest BCUT2D eigenvalue weighted by Gasteiger charge is 2.31. The summed E-state index contributed by atoms with van der Waals surface area (Å²) >= 11 is 0. The van der Waals surface area contributed by atoms with E-state index >= 15 is 0 Å². The molecule has 2 amide bonds. The molecule has 6 nitrogen and oxygen atoms in total. The number of aromatic nitrogens is 2. The summed E-state index contributed by atoms with van der Waals surface area (Å²) < 4.78 is 13.2. The van der Waals surface area contributed by atoms with Gasteiger partial charge in [-0.1, -0.05) is 0 Å². The molecular weight excluding hydrogens is 383 g/mol. The molecule has 0 aliphatic carbocycles. The number of hydrogen-bond acceptors (Lipinski definition) is 4. The van der Waals surface area contributed by atoms with Gasteiger partial charge < -0.3 is 9.80 Å². The standard InChI is InChI=1S/C23H27FN4O2/c1-16-19(23(30)27-12-4-2-5-13-27)15-25-21(26-16)20-7-3-6-14-28(20)22(29)17-8-10-18(24)11-9-17/h8-11,15,20H,2-7,12-14H2,1H3/t20-/m1/s1. The minimum absolute atomic E-state index is 0.0124. The zero-order valence-electron chi connectivity index (χ0n) is 17.3. The number of amides is 2. The summed E-state index contributed by atoms with van der Waals surface area (Å²) in [5, 5.41) is 0. The van der Waals surface area contributed by atoms with Crippen molar-refractivity contribution in [2.45, 2.75) is 51.5 Å². The Morgan fingerprint density at radius 2 is 1.67 bits per heavy atom. The fourth-order valence-corrected chi connectivity index (χ4v) is 4.32. The first-order chi connectivity index (χ1) is 14.5. The molecule has 1 atom stereocenters. The second kappa shape index (κ2) is 8.90. The zero-order chi connectivity index (χ0) is 21.1. The zero-order valence-corrected chi connectivity index (χ0v) is 17.3. The second-order valence-electron chi connectivity index (χ2n) is 8.10. The molecule has 0 bridgehead atoms. The van der Waals surface area contributed by atoms with Crippen LogP contribution in [0.5, 0.6) is 0 Å². The molecule has 0 radical (unpaired) electrons. The van der Waals surface area contributed by atoms with Crippen LogP contribution in [-0.4, -0.2) is 51.2 Å². The normalized spacial score (nSPS) is 19.6. The monoisotopic (exact) mass is 410 g/mol. The molecule has 2 saturated heterocycles. The molecule has 158 valence electrons. The summed E-state index contributed by atoms with van der Waals surface area (Å²) in [7, 11) is 0. The summed E-state index contributed by atoms with van der Waals surface area (Å²) in [5.74, 6) is 0.0450. The van der Waals surface area contributed by atoms with Gasteiger partial charge in [-0.05, 0) is 69.7 Å². The lowest BCUT2D eigenvalue weighted by Gasteiger charge is -2.35. The lowest BCUT2D eigenvalue weighted by molar-refractivity contribution is 0.0597. The molecular formula is C23H27FN4O2. The minimum atomic E-state index is -0.366. The molecule has 1 aromatic heterocycles. The average Bonchev–Trinajstić information content (AvgIpc) is 2.79. The van der Waals surface area contributed by atoms with E-state index in [0.29, 0.717) is 29.2 Å². The van der Waals surface area contributed by atoms with Crippen LogP contribution in [0.1, 0.15) is 76.8 Å². The summed E-state index contributed by atoms with van der Waals surface area (Å²) in [6.45, 7) is 4.00. The Hall–Kier alpha value is -2.83. The van der Waals surface area contributed by atoms with Crippen molar-refractivity contribution >= 4 is 11.8 Å². The summed E-state index contributed by atoms with van der Waals surface area (Å²) in [4.78, 5) is 38.7. The number of likely N-dealkylation sites (tertiary alicyclic amines) is 2. The molecule has 30 heavy (non-hydrogen) atoms. The Kier molecular flexibility index (Phi) is 6.06. The highest BCUT2D eigenvalue weighted by molar-refractivity contribution is 5.95. The number of rotatable bonds is 3. The Labute approximate surface area is 176 Å². The highest BCUT2D eigenvalue weighted by Crippen LogP contribution is 2.31. The van der Waals surface area contributed by atoms with Crippen LogP contribution in [0.2, 0.25) is 0 Å². The maximum Gasteiger partial charge on any atom is 0.257 e. The number of benzene rings is 1. The smallest absolute Gasteiger partial charge is 0.257 e. The van der Waals surface area contributed by atoms with E-state index in [1.165, 1.54) is 24.3 Å². The molecule has 2 aliphatic heterocycles. The molecule has 0 spiro atoms. The largest absolute Gasteiger partial charge is 0.339 e. The second-order valence-corrected chi connectivity index (χ2v) is 8.10. The van der Waals surface area contributed by atoms with E-state index in [1.807, 2.05) is 11.8 Å².